The van der Waals surface area contributed by atoms with Crippen molar-refractivity contribution in [2.45, 2.75) is 24.7 Å². The largest absolute Gasteiger partial charge is 0.309 e. The molecule has 0 unspecified atom stereocenters. The van der Waals surface area contributed by atoms with Crippen LogP contribution in [-0.4, -0.2) is 20.9 Å². The van der Waals surface area contributed by atoms with Gasteiger partial charge in [0.15, 0.2) is 5.82 Å². The van der Waals surface area contributed by atoms with Crippen LogP contribution in [0.4, 0.5) is 5.82 Å². The third-order valence-corrected chi connectivity index (χ3v) is 4.60. The molecule has 0 spiro atoms. The van der Waals surface area contributed by atoms with E-state index < -0.39 is 5.41 Å². The van der Waals surface area contributed by atoms with Crippen LogP contribution in [0.5, 0.6) is 0 Å². The van der Waals surface area contributed by atoms with Crippen LogP contribution >= 0.6 is 31.9 Å². The van der Waals surface area contributed by atoms with Crippen LogP contribution in [-0.2, 0) is 10.2 Å². The van der Waals surface area contributed by atoms with Gasteiger partial charge in [0.25, 0.3) is 0 Å². The Morgan fingerprint density at radius 1 is 1.14 bits per heavy atom. The highest BCUT2D eigenvalue weighted by molar-refractivity contribution is 9.10. The molecule has 1 fully saturated rings. The predicted octanol–water partition coefficient (Wildman–Crippen LogP) is 3.46. The van der Waals surface area contributed by atoms with Gasteiger partial charge in [0.05, 0.1) is 17.8 Å². The van der Waals surface area contributed by atoms with Crippen molar-refractivity contribution < 1.29 is 4.79 Å². The zero-order valence-electron chi connectivity index (χ0n) is 11.0. The maximum atomic E-state index is 12.7. The number of carbonyl (C=O) groups is 1. The van der Waals surface area contributed by atoms with E-state index in [1.54, 1.807) is 18.6 Å². The van der Waals surface area contributed by atoms with Crippen molar-refractivity contribution in [2.75, 3.05) is 5.32 Å². The molecule has 0 saturated heterocycles. The second-order valence-electron chi connectivity index (χ2n) is 5.01. The fraction of sp³-hybridized carbons (Fsp3) is 0.286. The molecule has 1 N–H and O–H groups in total. The number of halogens is 2. The van der Waals surface area contributed by atoms with Gasteiger partial charge in [0.1, 0.15) is 4.60 Å². The van der Waals surface area contributed by atoms with Gasteiger partial charge in [-0.05, 0) is 56.3 Å². The normalized spacial score (nSPS) is 16.1. The number of hydrogen-bond donors (Lipinski definition) is 1. The minimum absolute atomic E-state index is 0.0507. The van der Waals surface area contributed by atoms with Gasteiger partial charge in [-0.15, -0.1) is 0 Å². The third kappa shape index (κ3) is 2.85. The first-order valence-corrected chi connectivity index (χ1v) is 8.09. The van der Waals surface area contributed by atoms with E-state index >= 15 is 0 Å². The monoisotopic (exact) mass is 410 g/mol. The summed E-state index contributed by atoms with van der Waals surface area (Å²) in [6, 6.07) is 1.96. The van der Waals surface area contributed by atoms with Crippen molar-refractivity contribution in [3.8, 4) is 0 Å². The summed E-state index contributed by atoms with van der Waals surface area (Å²) in [5.41, 5.74) is 0.427. The molecule has 1 aliphatic carbocycles. The Morgan fingerprint density at radius 2 is 1.95 bits per heavy atom. The number of pyridine rings is 1. The molecule has 21 heavy (non-hydrogen) atoms. The number of rotatable bonds is 3. The van der Waals surface area contributed by atoms with Crippen molar-refractivity contribution in [1.82, 2.24) is 15.0 Å². The SMILES string of the molecule is O=C(Nc1cnc(Br)cn1)C1(c2cncc(Br)c2)CCC1. The van der Waals surface area contributed by atoms with E-state index in [-0.39, 0.29) is 5.91 Å². The van der Waals surface area contributed by atoms with E-state index in [1.165, 1.54) is 6.20 Å². The van der Waals surface area contributed by atoms with Crippen LogP contribution in [0.3, 0.4) is 0 Å². The van der Waals surface area contributed by atoms with Gasteiger partial charge < -0.3 is 5.32 Å². The Hall–Kier alpha value is -1.34. The molecule has 7 heteroatoms. The smallest absolute Gasteiger partial charge is 0.236 e. The van der Waals surface area contributed by atoms with Crippen molar-refractivity contribution in [2.24, 2.45) is 0 Å². The highest BCUT2D eigenvalue weighted by Crippen LogP contribution is 2.44. The molecule has 108 valence electrons. The molecule has 1 saturated carbocycles. The van der Waals surface area contributed by atoms with Gasteiger partial charge in [0.2, 0.25) is 5.91 Å². The number of anilines is 1. The lowest BCUT2D eigenvalue weighted by Crippen LogP contribution is -2.46. The molecular formula is C14H12Br2N4O. The molecule has 2 aromatic rings. The number of nitrogens with one attached hydrogen (secondary N) is 1. The van der Waals surface area contributed by atoms with Crippen LogP contribution in [0.15, 0.2) is 39.9 Å². The molecule has 0 radical (unpaired) electrons. The van der Waals surface area contributed by atoms with E-state index in [2.05, 4.69) is 52.1 Å². The fourth-order valence-electron chi connectivity index (χ4n) is 2.46. The predicted molar refractivity (Wildman–Crippen MR) is 85.8 cm³/mol. The highest BCUT2D eigenvalue weighted by atomic mass is 79.9. The standard InChI is InChI=1S/C14H12Br2N4O/c15-10-4-9(5-17-6-10)14(2-1-3-14)13(21)20-12-8-18-11(16)7-19-12/h4-8H,1-3H2,(H,19,20,21). The second kappa shape index (κ2) is 5.81. The summed E-state index contributed by atoms with van der Waals surface area (Å²) >= 11 is 6.63. The first kappa shape index (κ1) is 14.6. The summed E-state index contributed by atoms with van der Waals surface area (Å²) in [6.45, 7) is 0. The summed E-state index contributed by atoms with van der Waals surface area (Å²) in [4.78, 5) is 25.1. The molecule has 3 rings (SSSR count). The minimum Gasteiger partial charge on any atom is -0.309 e. The van der Waals surface area contributed by atoms with Crippen molar-refractivity contribution in [1.29, 1.82) is 0 Å². The second-order valence-corrected chi connectivity index (χ2v) is 6.73. The number of carbonyl (C=O) groups excluding carboxylic acids is 1. The lowest BCUT2D eigenvalue weighted by molar-refractivity contribution is -0.124. The summed E-state index contributed by atoms with van der Waals surface area (Å²) < 4.78 is 1.51. The number of amides is 1. The molecule has 1 aliphatic rings. The zero-order valence-corrected chi connectivity index (χ0v) is 14.2. The van der Waals surface area contributed by atoms with E-state index in [4.69, 9.17) is 0 Å². The Morgan fingerprint density at radius 3 is 2.52 bits per heavy atom. The number of nitrogens with zero attached hydrogens (tertiary/aromatic N) is 3. The zero-order chi connectivity index (χ0) is 14.9. The average Bonchev–Trinajstić information content (AvgIpc) is 2.40. The van der Waals surface area contributed by atoms with E-state index in [1.807, 2.05) is 6.07 Å². The first-order valence-electron chi connectivity index (χ1n) is 6.50. The van der Waals surface area contributed by atoms with Crippen molar-refractivity contribution in [3.05, 3.63) is 45.5 Å². The van der Waals surface area contributed by atoms with Crippen LogP contribution in [0, 0.1) is 0 Å². The van der Waals surface area contributed by atoms with Crippen LogP contribution in [0.1, 0.15) is 24.8 Å². The van der Waals surface area contributed by atoms with E-state index in [0.717, 1.165) is 29.3 Å². The van der Waals surface area contributed by atoms with Gasteiger partial charge in [0, 0.05) is 16.9 Å². The summed E-state index contributed by atoms with van der Waals surface area (Å²) in [6.07, 6.45) is 9.25. The summed E-state index contributed by atoms with van der Waals surface area (Å²) in [5, 5.41) is 2.85. The molecule has 5 nitrogen and oxygen atoms in total. The van der Waals surface area contributed by atoms with E-state index in [9.17, 15) is 4.79 Å². The quantitative estimate of drug-likeness (QED) is 0.839. The molecule has 0 aliphatic heterocycles. The maximum absolute atomic E-state index is 12.7. The Bertz CT molecular complexity index is 671. The van der Waals surface area contributed by atoms with Gasteiger partial charge in [-0.2, -0.15) is 0 Å². The Labute approximate surface area is 138 Å². The molecular weight excluding hydrogens is 400 g/mol. The summed E-state index contributed by atoms with van der Waals surface area (Å²) in [5.74, 6) is 0.405. The molecule has 2 heterocycles. The van der Waals surface area contributed by atoms with Gasteiger partial charge in [-0.25, -0.2) is 9.97 Å². The molecule has 2 aromatic heterocycles. The lowest BCUT2D eigenvalue weighted by atomic mass is 9.64. The van der Waals surface area contributed by atoms with Crippen molar-refractivity contribution in [3.63, 3.8) is 0 Å². The molecule has 0 atom stereocenters. The number of hydrogen-bond acceptors (Lipinski definition) is 4. The minimum atomic E-state index is -0.508. The lowest BCUT2D eigenvalue weighted by Gasteiger charge is -2.40. The summed E-state index contributed by atoms with van der Waals surface area (Å²) in [7, 11) is 0. The van der Waals surface area contributed by atoms with Crippen LogP contribution in [0.2, 0.25) is 0 Å². The molecule has 0 bridgehead atoms. The number of aromatic nitrogens is 3. The first-order chi connectivity index (χ1) is 10.1. The van der Waals surface area contributed by atoms with Gasteiger partial charge in [-0.1, -0.05) is 6.42 Å². The van der Waals surface area contributed by atoms with Crippen molar-refractivity contribution >= 4 is 43.6 Å². The topological polar surface area (TPSA) is 67.8 Å². The Balaban J connectivity index is 1.85. The van der Waals surface area contributed by atoms with Crippen LogP contribution in [0.25, 0.3) is 0 Å². The maximum Gasteiger partial charge on any atom is 0.236 e. The Kier molecular flexibility index (Phi) is 4.03. The van der Waals surface area contributed by atoms with Crippen LogP contribution < -0.4 is 5.32 Å². The van der Waals surface area contributed by atoms with Gasteiger partial charge in [-0.3, -0.25) is 9.78 Å². The van der Waals surface area contributed by atoms with E-state index in [0.29, 0.717) is 10.4 Å². The third-order valence-electron chi connectivity index (χ3n) is 3.76. The average molecular weight is 412 g/mol. The molecule has 1 amide bonds. The van der Waals surface area contributed by atoms with Gasteiger partial charge >= 0.3 is 0 Å². The fourth-order valence-corrected chi connectivity index (χ4v) is 3.03. The molecule has 0 aromatic carbocycles. The highest BCUT2D eigenvalue weighted by Gasteiger charge is 2.46.